The number of hydrogen-bond acceptors (Lipinski definition) is 4. The van der Waals surface area contributed by atoms with Crippen molar-refractivity contribution in [1.29, 1.82) is 0 Å². The molecule has 2 aromatic rings. The van der Waals surface area contributed by atoms with Crippen LogP contribution in [-0.2, 0) is 0 Å². The molecule has 0 heterocycles. The molecule has 0 aromatic heterocycles. The molecule has 4 atom stereocenters. The van der Waals surface area contributed by atoms with Crippen LogP contribution in [0, 0.1) is 0 Å². The second kappa shape index (κ2) is 9.33. The van der Waals surface area contributed by atoms with Gasteiger partial charge in [0.05, 0.1) is 12.2 Å². The first-order chi connectivity index (χ1) is 10.4. The third kappa shape index (κ3) is 5.95. The highest BCUT2D eigenvalue weighted by atomic mass is 16.3. The Labute approximate surface area is 132 Å². The second-order valence-electron chi connectivity index (χ2n) is 5.43. The summed E-state index contributed by atoms with van der Waals surface area (Å²) in [6, 6.07) is 18.4. The minimum Gasteiger partial charge on any atom is -0.387 e. The SMILES string of the molecule is C[C@H](N)[C@H](O)c1ccccc1.C[C@H](N)[C@H](O)c1ccccc1. The van der Waals surface area contributed by atoms with Gasteiger partial charge in [0.1, 0.15) is 0 Å². The third-order valence-corrected chi connectivity index (χ3v) is 3.28. The lowest BCUT2D eigenvalue weighted by Crippen LogP contribution is -2.24. The van der Waals surface area contributed by atoms with Crippen molar-refractivity contribution < 1.29 is 10.2 Å². The van der Waals surface area contributed by atoms with E-state index in [-0.39, 0.29) is 12.1 Å². The number of hydrogen-bond donors (Lipinski definition) is 4. The molecule has 0 bridgehead atoms. The predicted octanol–water partition coefficient (Wildman–Crippen LogP) is 2.13. The topological polar surface area (TPSA) is 92.5 Å². The number of aliphatic hydroxyl groups excluding tert-OH is 2. The number of rotatable bonds is 4. The van der Waals surface area contributed by atoms with E-state index in [0.29, 0.717) is 0 Å². The van der Waals surface area contributed by atoms with E-state index in [1.165, 1.54) is 0 Å². The van der Waals surface area contributed by atoms with Gasteiger partial charge in [-0.3, -0.25) is 0 Å². The Morgan fingerprint density at radius 2 is 0.909 bits per heavy atom. The lowest BCUT2D eigenvalue weighted by Gasteiger charge is -2.13. The Hall–Kier alpha value is -1.72. The van der Waals surface area contributed by atoms with Crippen molar-refractivity contribution in [2.24, 2.45) is 11.5 Å². The molecule has 22 heavy (non-hydrogen) atoms. The molecule has 0 aliphatic carbocycles. The quantitative estimate of drug-likeness (QED) is 0.696. The first-order valence-corrected chi connectivity index (χ1v) is 7.40. The van der Waals surface area contributed by atoms with Crippen molar-refractivity contribution in [2.45, 2.75) is 38.1 Å². The summed E-state index contributed by atoms with van der Waals surface area (Å²) >= 11 is 0. The maximum atomic E-state index is 9.47. The molecule has 0 radical (unpaired) electrons. The lowest BCUT2D eigenvalue weighted by atomic mass is 10.0. The molecule has 2 aromatic carbocycles. The van der Waals surface area contributed by atoms with Gasteiger partial charge in [-0.1, -0.05) is 60.7 Å². The molecule has 0 aliphatic heterocycles. The van der Waals surface area contributed by atoms with Crippen LogP contribution in [0.3, 0.4) is 0 Å². The summed E-state index contributed by atoms with van der Waals surface area (Å²) in [4.78, 5) is 0. The van der Waals surface area contributed by atoms with Crippen molar-refractivity contribution in [3.8, 4) is 0 Å². The summed E-state index contributed by atoms with van der Waals surface area (Å²) in [6.07, 6.45) is -1.09. The highest BCUT2D eigenvalue weighted by molar-refractivity contribution is 5.19. The van der Waals surface area contributed by atoms with E-state index in [9.17, 15) is 10.2 Å². The highest BCUT2D eigenvalue weighted by Crippen LogP contribution is 2.14. The van der Waals surface area contributed by atoms with Crippen LogP contribution in [0.2, 0.25) is 0 Å². The van der Waals surface area contributed by atoms with Gasteiger partial charge in [-0.2, -0.15) is 0 Å². The normalized spacial score (nSPS) is 15.9. The second-order valence-corrected chi connectivity index (χ2v) is 5.43. The van der Waals surface area contributed by atoms with Crippen LogP contribution < -0.4 is 11.5 Å². The van der Waals surface area contributed by atoms with Crippen molar-refractivity contribution in [2.75, 3.05) is 0 Å². The zero-order chi connectivity index (χ0) is 16.5. The molecule has 0 aliphatic rings. The van der Waals surface area contributed by atoms with Crippen LogP contribution in [0.5, 0.6) is 0 Å². The van der Waals surface area contributed by atoms with Gasteiger partial charge >= 0.3 is 0 Å². The maximum Gasteiger partial charge on any atom is 0.0938 e. The van der Waals surface area contributed by atoms with Gasteiger partial charge in [0.2, 0.25) is 0 Å². The van der Waals surface area contributed by atoms with Crippen LogP contribution in [0.25, 0.3) is 0 Å². The summed E-state index contributed by atoms with van der Waals surface area (Å²) < 4.78 is 0. The van der Waals surface area contributed by atoms with E-state index in [2.05, 4.69) is 0 Å². The van der Waals surface area contributed by atoms with Gasteiger partial charge in [-0.05, 0) is 25.0 Å². The van der Waals surface area contributed by atoms with E-state index in [0.717, 1.165) is 11.1 Å². The summed E-state index contributed by atoms with van der Waals surface area (Å²) in [5.41, 5.74) is 12.8. The smallest absolute Gasteiger partial charge is 0.0938 e. The van der Waals surface area contributed by atoms with E-state index < -0.39 is 12.2 Å². The van der Waals surface area contributed by atoms with Crippen LogP contribution in [-0.4, -0.2) is 22.3 Å². The van der Waals surface area contributed by atoms with Crippen molar-refractivity contribution in [3.05, 3.63) is 71.8 Å². The lowest BCUT2D eigenvalue weighted by molar-refractivity contribution is 0.153. The fraction of sp³-hybridized carbons (Fsp3) is 0.333. The Kier molecular flexibility index (Phi) is 7.77. The highest BCUT2D eigenvalue weighted by Gasteiger charge is 2.11. The Bertz CT molecular complexity index is 466. The monoisotopic (exact) mass is 302 g/mol. The molecule has 4 heteroatoms. The standard InChI is InChI=1S/2C9H13NO/c2*1-7(10)9(11)8-5-3-2-4-6-8/h2*2-7,9,11H,10H2,1H3/t2*7-,9-/m00/s1. The molecule has 0 saturated carbocycles. The molecule has 0 saturated heterocycles. The number of benzene rings is 2. The molecule has 4 nitrogen and oxygen atoms in total. The summed E-state index contributed by atoms with van der Waals surface area (Å²) in [6.45, 7) is 3.58. The fourth-order valence-electron chi connectivity index (χ4n) is 1.91. The van der Waals surface area contributed by atoms with Crippen molar-refractivity contribution in [1.82, 2.24) is 0 Å². The van der Waals surface area contributed by atoms with Gasteiger partial charge < -0.3 is 21.7 Å². The average Bonchev–Trinajstić information content (AvgIpc) is 2.55. The summed E-state index contributed by atoms with van der Waals surface area (Å²) in [5.74, 6) is 0. The van der Waals surface area contributed by atoms with Gasteiger partial charge in [0.15, 0.2) is 0 Å². The van der Waals surface area contributed by atoms with E-state index in [1.807, 2.05) is 60.7 Å². The Morgan fingerprint density at radius 3 is 1.14 bits per heavy atom. The minimum atomic E-state index is -0.545. The fourth-order valence-corrected chi connectivity index (χ4v) is 1.91. The zero-order valence-corrected chi connectivity index (χ0v) is 13.1. The van der Waals surface area contributed by atoms with Gasteiger partial charge in [-0.25, -0.2) is 0 Å². The molecule has 2 rings (SSSR count). The molecule has 0 unspecified atom stereocenters. The molecule has 0 fully saturated rings. The van der Waals surface area contributed by atoms with Gasteiger partial charge in [-0.15, -0.1) is 0 Å². The number of aliphatic hydroxyl groups is 2. The van der Waals surface area contributed by atoms with E-state index >= 15 is 0 Å². The predicted molar refractivity (Wildman–Crippen MR) is 90.1 cm³/mol. The first kappa shape index (κ1) is 18.3. The maximum absolute atomic E-state index is 9.47. The molecule has 0 amide bonds. The molecular weight excluding hydrogens is 276 g/mol. The minimum absolute atomic E-state index is 0.211. The molecule has 6 N–H and O–H groups in total. The Balaban J connectivity index is 0.000000220. The van der Waals surface area contributed by atoms with Gasteiger partial charge in [0, 0.05) is 12.1 Å². The van der Waals surface area contributed by atoms with E-state index in [1.54, 1.807) is 13.8 Å². The van der Waals surface area contributed by atoms with Crippen LogP contribution >= 0.6 is 0 Å². The summed E-state index contributed by atoms with van der Waals surface area (Å²) in [5, 5.41) is 18.9. The molecule has 120 valence electrons. The van der Waals surface area contributed by atoms with E-state index in [4.69, 9.17) is 11.5 Å². The third-order valence-electron chi connectivity index (χ3n) is 3.28. The van der Waals surface area contributed by atoms with Crippen LogP contribution in [0.1, 0.15) is 37.2 Å². The van der Waals surface area contributed by atoms with Gasteiger partial charge in [0.25, 0.3) is 0 Å². The first-order valence-electron chi connectivity index (χ1n) is 7.40. The average molecular weight is 302 g/mol. The molecule has 0 spiro atoms. The van der Waals surface area contributed by atoms with Crippen molar-refractivity contribution >= 4 is 0 Å². The van der Waals surface area contributed by atoms with Crippen LogP contribution in [0.15, 0.2) is 60.7 Å². The summed E-state index contributed by atoms with van der Waals surface area (Å²) in [7, 11) is 0. The molecular formula is C18H26N2O2. The zero-order valence-electron chi connectivity index (χ0n) is 13.1. The van der Waals surface area contributed by atoms with Crippen LogP contribution in [0.4, 0.5) is 0 Å². The number of nitrogens with two attached hydrogens (primary N) is 2. The largest absolute Gasteiger partial charge is 0.387 e. The Morgan fingerprint density at radius 1 is 0.636 bits per heavy atom. The van der Waals surface area contributed by atoms with Crippen molar-refractivity contribution in [3.63, 3.8) is 0 Å².